The van der Waals surface area contributed by atoms with Crippen LogP contribution in [-0.2, 0) is 5.41 Å². The SMILES string of the molecule is C=CC1(c2ccccc2)C(c2ccc(Oc3ccccc3)cc2)=Cc2ccccc21. The number of fused-ring (bicyclic) bond motifs is 1. The van der Waals surface area contributed by atoms with E-state index in [0.717, 1.165) is 17.1 Å². The van der Waals surface area contributed by atoms with Crippen molar-refractivity contribution in [1.29, 1.82) is 0 Å². The highest BCUT2D eigenvalue weighted by atomic mass is 16.5. The van der Waals surface area contributed by atoms with Gasteiger partial charge in [0.15, 0.2) is 0 Å². The minimum Gasteiger partial charge on any atom is -0.457 e. The molecule has 0 saturated heterocycles. The average molecular weight is 386 g/mol. The Hall–Kier alpha value is -3.84. The van der Waals surface area contributed by atoms with Crippen molar-refractivity contribution in [3.63, 3.8) is 0 Å². The molecule has 1 aliphatic carbocycles. The van der Waals surface area contributed by atoms with Crippen LogP contribution in [0.3, 0.4) is 0 Å². The van der Waals surface area contributed by atoms with Gasteiger partial charge in [-0.1, -0.05) is 91.0 Å². The average Bonchev–Trinajstić information content (AvgIpc) is 3.16. The highest BCUT2D eigenvalue weighted by molar-refractivity contribution is 5.98. The minimum absolute atomic E-state index is 0.375. The first kappa shape index (κ1) is 18.2. The topological polar surface area (TPSA) is 9.23 Å². The molecule has 0 saturated carbocycles. The molecule has 1 aliphatic rings. The van der Waals surface area contributed by atoms with Gasteiger partial charge in [0.2, 0.25) is 0 Å². The lowest BCUT2D eigenvalue weighted by Crippen LogP contribution is -2.24. The van der Waals surface area contributed by atoms with Gasteiger partial charge in [-0.25, -0.2) is 0 Å². The van der Waals surface area contributed by atoms with E-state index in [9.17, 15) is 0 Å². The maximum atomic E-state index is 5.98. The Morgan fingerprint density at radius 3 is 1.93 bits per heavy atom. The van der Waals surface area contributed by atoms with Crippen LogP contribution in [0.4, 0.5) is 0 Å². The molecule has 0 radical (unpaired) electrons. The fourth-order valence-corrected chi connectivity index (χ4v) is 4.38. The lowest BCUT2D eigenvalue weighted by Gasteiger charge is -2.32. The summed E-state index contributed by atoms with van der Waals surface area (Å²) < 4.78 is 5.98. The van der Waals surface area contributed by atoms with E-state index in [-0.39, 0.29) is 5.41 Å². The number of ether oxygens (including phenoxy) is 1. The zero-order valence-corrected chi connectivity index (χ0v) is 16.7. The normalized spacial score (nSPS) is 17.1. The van der Waals surface area contributed by atoms with Gasteiger partial charge in [0, 0.05) is 0 Å². The molecule has 4 aromatic carbocycles. The molecular formula is C29H22O. The van der Waals surface area contributed by atoms with Crippen LogP contribution in [0, 0.1) is 0 Å². The Balaban J connectivity index is 1.58. The molecule has 1 atom stereocenters. The summed E-state index contributed by atoms with van der Waals surface area (Å²) in [7, 11) is 0. The third-order valence-electron chi connectivity index (χ3n) is 5.79. The second-order valence-corrected chi connectivity index (χ2v) is 7.46. The van der Waals surface area contributed by atoms with Gasteiger partial charge in [0.05, 0.1) is 5.41 Å². The summed E-state index contributed by atoms with van der Waals surface area (Å²) in [5.74, 6) is 1.66. The van der Waals surface area contributed by atoms with Gasteiger partial charge >= 0.3 is 0 Å². The van der Waals surface area contributed by atoms with Gasteiger partial charge in [-0.15, -0.1) is 6.58 Å². The standard InChI is InChI=1S/C29H22O/c1-2-29(24-12-5-3-6-13-24)27-16-10-9-11-23(27)21-28(29)22-17-19-26(20-18-22)30-25-14-7-4-8-15-25/h2-21H,1H2. The summed E-state index contributed by atoms with van der Waals surface area (Å²) in [4.78, 5) is 0. The summed E-state index contributed by atoms with van der Waals surface area (Å²) >= 11 is 0. The van der Waals surface area contributed by atoms with Gasteiger partial charge in [0.1, 0.15) is 11.5 Å². The number of allylic oxidation sites excluding steroid dienone is 2. The van der Waals surface area contributed by atoms with E-state index in [4.69, 9.17) is 4.74 Å². The van der Waals surface area contributed by atoms with Crippen molar-refractivity contribution in [3.05, 3.63) is 144 Å². The number of rotatable bonds is 5. The first-order valence-corrected chi connectivity index (χ1v) is 10.2. The molecule has 30 heavy (non-hydrogen) atoms. The number of para-hydroxylation sites is 1. The molecule has 0 amide bonds. The first-order chi connectivity index (χ1) is 14.8. The molecule has 0 bridgehead atoms. The molecule has 144 valence electrons. The molecule has 1 heteroatoms. The fraction of sp³-hybridized carbons (Fsp3) is 0.0345. The van der Waals surface area contributed by atoms with E-state index < -0.39 is 0 Å². The molecule has 5 rings (SSSR count). The van der Waals surface area contributed by atoms with Crippen molar-refractivity contribution in [3.8, 4) is 11.5 Å². The van der Waals surface area contributed by atoms with Crippen LogP contribution in [-0.4, -0.2) is 0 Å². The summed E-state index contributed by atoms with van der Waals surface area (Å²) in [6, 6.07) is 37.4. The van der Waals surface area contributed by atoms with Gasteiger partial charge < -0.3 is 4.74 Å². The van der Waals surface area contributed by atoms with Gasteiger partial charge in [0.25, 0.3) is 0 Å². The van der Waals surface area contributed by atoms with E-state index in [1.807, 2.05) is 42.5 Å². The minimum atomic E-state index is -0.375. The number of benzene rings is 4. The van der Waals surface area contributed by atoms with Crippen LogP contribution < -0.4 is 4.74 Å². The largest absolute Gasteiger partial charge is 0.457 e. The maximum absolute atomic E-state index is 5.98. The molecule has 1 nitrogen and oxygen atoms in total. The Morgan fingerprint density at radius 2 is 1.23 bits per heavy atom. The maximum Gasteiger partial charge on any atom is 0.127 e. The third kappa shape index (κ3) is 2.96. The van der Waals surface area contributed by atoms with Crippen molar-refractivity contribution < 1.29 is 4.74 Å². The Morgan fingerprint density at radius 1 is 0.633 bits per heavy atom. The van der Waals surface area contributed by atoms with Crippen LogP contribution in [0.2, 0.25) is 0 Å². The van der Waals surface area contributed by atoms with Crippen molar-refractivity contribution in [2.75, 3.05) is 0 Å². The Kier molecular flexibility index (Phi) is 4.57. The highest BCUT2D eigenvalue weighted by Crippen LogP contribution is 2.52. The van der Waals surface area contributed by atoms with E-state index >= 15 is 0 Å². The summed E-state index contributed by atoms with van der Waals surface area (Å²) in [5.41, 5.74) is 5.75. The van der Waals surface area contributed by atoms with Crippen molar-refractivity contribution in [2.45, 2.75) is 5.41 Å². The van der Waals surface area contributed by atoms with Crippen LogP contribution in [0.5, 0.6) is 11.5 Å². The number of hydrogen-bond acceptors (Lipinski definition) is 1. The summed E-state index contributed by atoms with van der Waals surface area (Å²) in [6.07, 6.45) is 4.37. The highest BCUT2D eigenvalue weighted by Gasteiger charge is 2.40. The molecule has 0 spiro atoms. The third-order valence-corrected chi connectivity index (χ3v) is 5.79. The lowest BCUT2D eigenvalue weighted by molar-refractivity contribution is 0.482. The predicted octanol–water partition coefficient (Wildman–Crippen LogP) is 7.51. The van der Waals surface area contributed by atoms with Crippen LogP contribution in [0.1, 0.15) is 22.3 Å². The monoisotopic (exact) mass is 386 g/mol. The lowest BCUT2D eigenvalue weighted by atomic mass is 9.70. The van der Waals surface area contributed by atoms with E-state index in [1.165, 1.54) is 22.3 Å². The second-order valence-electron chi connectivity index (χ2n) is 7.46. The van der Waals surface area contributed by atoms with Gasteiger partial charge in [-0.2, -0.15) is 0 Å². The first-order valence-electron chi connectivity index (χ1n) is 10.2. The van der Waals surface area contributed by atoms with E-state index in [1.54, 1.807) is 0 Å². The molecule has 0 aromatic heterocycles. The second kappa shape index (κ2) is 7.53. The molecule has 1 unspecified atom stereocenters. The molecule has 4 aromatic rings. The molecular weight excluding hydrogens is 364 g/mol. The quantitative estimate of drug-likeness (QED) is 0.323. The molecule has 0 fully saturated rings. The van der Waals surface area contributed by atoms with Crippen molar-refractivity contribution in [2.24, 2.45) is 0 Å². The summed E-state index contributed by atoms with van der Waals surface area (Å²) in [5, 5.41) is 0. The smallest absolute Gasteiger partial charge is 0.127 e. The molecule has 0 N–H and O–H groups in total. The fourth-order valence-electron chi connectivity index (χ4n) is 4.38. The van der Waals surface area contributed by atoms with E-state index in [0.29, 0.717) is 0 Å². The van der Waals surface area contributed by atoms with Gasteiger partial charge in [-0.05, 0) is 58.2 Å². The van der Waals surface area contributed by atoms with Crippen LogP contribution in [0.25, 0.3) is 11.6 Å². The van der Waals surface area contributed by atoms with Crippen LogP contribution in [0.15, 0.2) is 122 Å². The zero-order valence-electron chi connectivity index (χ0n) is 16.7. The van der Waals surface area contributed by atoms with Crippen LogP contribution >= 0.6 is 0 Å². The van der Waals surface area contributed by atoms with E-state index in [2.05, 4.69) is 85.5 Å². The Bertz CT molecular complexity index is 1200. The van der Waals surface area contributed by atoms with Gasteiger partial charge in [-0.3, -0.25) is 0 Å². The molecule has 0 aliphatic heterocycles. The Labute approximate surface area is 177 Å². The molecule has 0 heterocycles. The predicted molar refractivity (Wildman–Crippen MR) is 125 cm³/mol. The van der Waals surface area contributed by atoms with Crippen molar-refractivity contribution in [1.82, 2.24) is 0 Å². The summed E-state index contributed by atoms with van der Waals surface area (Å²) in [6.45, 7) is 4.27. The number of hydrogen-bond donors (Lipinski definition) is 0. The van der Waals surface area contributed by atoms with Crippen molar-refractivity contribution >= 4 is 11.6 Å². The zero-order chi connectivity index (χ0) is 20.4.